The first-order valence-corrected chi connectivity index (χ1v) is 19.5. The third-order valence-corrected chi connectivity index (χ3v) is 10.9. The minimum Gasteiger partial charge on any atom is -0.497 e. The van der Waals surface area contributed by atoms with Crippen molar-refractivity contribution >= 4 is 39.9 Å². The summed E-state index contributed by atoms with van der Waals surface area (Å²) >= 11 is 0. The number of methoxy groups -OCH3 is 2. The van der Waals surface area contributed by atoms with E-state index < -0.39 is 23.0 Å². The van der Waals surface area contributed by atoms with Crippen molar-refractivity contribution in [1.82, 2.24) is 24.6 Å². The lowest BCUT2D eigenvalue weighted by molar-refractivity contribution is -0.00281. The molecule has 0 saturated carbocycles. The summed E-state index contributed by atoms with van der Waals surface area (Å²) in [6.45, 7) is 8.62. The van der Waals surface area contributed by atoms with E-state index in [9.17, 15) is 14.4 Å². The average molecular weight is 799 g/mol. The Balaban J connectivity index is 1.22. The van der Waals surface area contributed by atoms with Gasteiger partial charge in [0, 0.05) is 30.3 Å². The molecular weight excluding hydrogens is 753 g/mol. The Hall–Kier alpha value is -6.70. The molecule has 59 heavy (non-hydrogen) atoms. The predicted molar refractivity (Wildman–Crippen MR) is 222 cm³/mol. The molecule has 304 valence electrons. The van der Waals surface area contributed by atoms with Gasteiger partial charge in [-0.25, -0.2) is 14.4 Å². The van der Waals surface area contributed by atoms with Crippen LogP contribution in [0.2, 0.25) is 0 Å². The van der Waals surface area contributed by atoms with E-state index in [-0.39, 0.29) is 31.0 Å². The van der Waals surface area contributed by atoms with Crippen molar-refractivity contribution in [2.75, 3.05) is 32.2 Å². The van der Waals surface area contributed by atoms with E-state index in [4.69, 9.17) is 33.9 Å². The summed E-state index contributed by atoms with van der Waals surface area (Å²) < 4.78 is 29.6. The highest BCUT2D eigenvalue weighted by molar-refractivity contribution is 5.99. The molecule has 0 N–H and O–H groups in total. The first-order chi connectivity index (χ1) is 28.3. The van der Waals surface area contributed by atoms with E-state index in [0.29, 0.717) is 52.7 Å². The molecule has 2 bridgehead atoms. The summed E-state index contributed by atoms with van der Waals surface area (Å²) in [6, 6.07) is 27.6. The minimum absolute atomic E-state index is 0.0547. The van der Waals surface area contributed by atoms with Crippen LogP contribution in [0.3, 0.4) is 0 Å². The van der Waals surface area contributed by atoms with E-state index in [1.165, 1.54) is 0 Å². The standard InChI is InChI=1S/C45H46N6O8/c1-44(2,3)59-42(53)51-31-18-19-45(51,4)27-49(25-31)40-39-37(50(41(52)46-40)24-30-16-17-32(55-5)22-38(30)56-6)23-36(47-48-39)35-21-33(20-29-14-10-11-15-34(29)35)58-43(54)57-26-28-12-8-7-9-13-28/h7-17,20-23,31H,18-19,24-27H2,1-6H3/t31-,45+/m1/s1. The lowest BCUT2D eigenvalue weighted by Gasteiger charge is -2.47. The first kappa shape index (κ1) is 39.1. The first-order valence-electron chi connectivity index (χ1n) is 19.5. The topological polar surface area (TPSA) is 147 Å². The fraction of sp³-hybridized carbons (Fsp3) is 0.333. The number of nitrogens with zero attached hydrogens (tertiary/aromatic N) is 6. The summed E-state index contributed by atoms with van der Waals surface area (Å²) in [5.74, 6) is 1.78. The third kappa shape index (κ3) is 7.94. The van der Waals surface area contributed by atoms with Crippen LogP contribution in [0.5, 0.6) is 17.2 Å². The number of carbonyl (C=O) groups excluding carboxylic acids is 2. The van der Waals surface area contributed by atoms with Crippen LogP contribution < -0.4 is 24.8 Å². The van der Waals surface area contributed by atoms with Crippen LogP contribution in [0.4, 0.5) is 15.4 Å². The number of hydrogen-bond donors (Lipinski definition) is 0. The summed E-state index contributed by atoms with van der Waals surface area (Å²) in [4.78, 5) is 49.3. The molecule has 0 spiro atoms. The van der Waals surface area contributed by atoms with Crippen LogP contribution in [0.15, 0.2) is 95.8 Å². The van der Waals surface area contributed by atoms with Gasteiger partial charge >= 0.3 is 17.9 Å². The molecule has 4 aromatic carbocycles. The van der Waals surface area contributed by atoms with E-state index in [2.05, 4.69) is 4.98 Å². The lowest BCUT2D eigenvalue weighted by Crippen LogP contribution is -2.63. The largest absolute Gasteiger partial charge is 0.514 e. The molecule has 0 aliphatic carbocycles. The number of rotatable bonds is 9. The third-order valence-electron chi connectivity index (χ3n) is 10.9. The van der Waals surface area contributed by atoms with Crippen molar-refractivity contribution in [3.63, 3.8) is 0 Å². The SMILES string of the molecule is COc1ccc(Cn2c(=O)nc(N3C[C@H]4CC[C@@](C)(C3)N4C(=O)OC(C)(C)C)c3nnc(-c4cc(OC(=O)OCc5ccccc5)cc5ccccc45)cc32)c(OC)c1. The van der Waals surface area contributed by atoms with Crippen LogP contribution in [0.1, 0.15) is 51.7 Å². The Bertz CT molecular complexity index is 2630. The van der Waals surface area contributed by atoms with Gasteiger partial charge in [-0.15, -0.1) is 10.2 Å². The second kappa shape index (κ2) is 15.6. The van der Waals surface area contributed by atoms with Crippen LogP contribution in [0, 0.1) is 0 Å². The number of piperazine rings is 1. The minimum atomic E-state index is -0.855. The van der Waals surface area contributed by atoms with E-state index in [1.807, 2.05) is 104 Å². The number of fused-ring (bicyclic) bond motifs is 4. The highest BCUT2D eigenvalue weighted by Crippen LogP contribution is 2.42. The van der Waals surface area contributed by atoms with Crippen LogP contribution in [0.25, 0.3) is 33.1 Å². The fourth-order valence-corrected chi connectivity index (χ4v) is 8.18. The molecule has 2 aliphatic rings. The lowest BCUT2D eigenvalue weighted by atomic mass is 9.98. The van der Waals surface area contributed by atoms with E-state index in [0.717, 1.165) is 34.7 Å². The van der Waals surface area contributed by atoms with Gasteiger partial charge in [-0.1, -0.05) is 54.6 Å². The van der Waals surface area contributed by atoms with Crippen molar-refractivity contribution in [1.29, 1.82) is 0 Å². The van der Waals surface area contributed by atoms with Gasteiger partial charge in [-0.05, 0) is 87.2 Å². The van der Waals surface area contributed by atoms with Crippen molar-refractivity contribution in [3.8, 4) is 28.5 Å². The Kier molecular flexibility index (Phi) is 10.3. The van der Waals surface area contributed by atoms with Crippen molar-refractivity contribution in [2.45, 2.75) is 70.9 Å². The summed E-state index contributed by atoms with van der Waals surface area (Å²) in [7, 11) is 3.14. The predicted octanol–water partition coefficient (Wildman–Crippen LogP) is 7.77. The maximum Gasteiger partial charge on any atom is 0.514 e. The number of carbonyl (C=O) groups is 2. The van der Waals surface area contributed by atoms with Gasteiger partial charge in [0.15, 0.2) is 11.3 Å². The molecule has 2 atom stereocenters. The summed E-state index contributed by atoms with van der Waals surface area (Å²) in [5.41, 5.74) is 1.78. The number of hydrogen-bond acceptors (Lipinski definition) is 12. The van der Waals surface area contributed by atoms with Gasteiger partial charge in [0.2, 0.25) is 0 Å². The van der Waals surface area contributed by atoms with E-state index >= 15 is 0 Å². The Labute approximate surface area is 341 Å². The maximum atomic E-state index is 14.4. The smallest absolute Gasteiger partial charge is 0.497 e. The monoisotopic (exact) mass is 798 g/mol. The zero-order chi connectivity index (χ0) is 41.5. The Morgan fingerprint density at radius 2 is 1.68 bits per heavy atom. The van der Waals surface area contributed by atoms with Crippen molar-refractivity contribution in [2.24, 2.45) is 0 Å². The van der Waals surface area contributed by atoms with Gasteiger partial charge in [-0.2, -0.15) is 4.98 Å². The molecule has 2 aromatic heterocycles. The quantitative estimate of drug-likeness (QED) is 0.104. The van der Waals surface area contributed by atoms with Gasteiger partial charge in [0.05, 0.1) is 43.6 Å². The van der Waals surface area contributed by atoms with Crippen molar-refractivity contribution < 1.29 is 33.3 Å². The molecule has 8 rings (SSSR count). The molecule has 6 aromatic rings. The molecule has 14 nitrogen and oxygen atoms in total. The number of amides is 1. The number of aromatic nitrogens is 4. The highest BCUT2D eigenvalue weighted by atomic mass is 16.7. The van der Waals surface area contributed by atoms with Crippen LogP contribution in [-0.4, -0.2) is 81.4 Å². The van der Waals surface area contributed by atoms with E-state index in [1.54, 1.807) is 43.1 Å². The molecule has 2 fully saturated rings. The molecule has 2 saturated heterocycles. The molecular formula is C45H46N6O8. The van der Waals surface area contributed by atoms with Gasteiger partial charge in [-0.3, -0.25) is 9.47 Å². The Morgan fingerprint density at radius 3 is 2.42 bits per heavy atom. The van der Waals surface area contributed by atoms with Gasteiger partial charge in [0.25, 0.3) is 0 Å². The fourth-order valence-electron chi connectivity index (χ4n) is 8.18. The number of benzene rings is 4. The van der Waals surface area contributed by atoms with Gasteiger partial charge in [0.1, 0.15) is 29.5 Å². The number of ether oxygens (including phenoxy) is 5. The van der Waals surface area contributed by atoms with Crippen LogP contribution in [-0.2, 0) is 22.6 Å². The molecule has 2 aliphatic heterocycles. The zero-order valence-corrected chi connectivity index (χ0v) is 33.9. The second-order valence-corrected chi connectivity index (χ2v) is 16.2. The summed E-state index contributed by atoms with van der Waals surface area (Å²) in [6.07, 6.45) is 0.337. The van der Waals surface area contributed by atoms with Gasteiger partial charge < -0.3 is 28.6 Å². The Morgan fingerprint density at radius 1 is 0.898 bits per heavy atom. The molecule has 14 heteroatoms. The second-order valence-electron chi connectivity index (χ2n) is 16.2. The molecule has 1 amide bonds. The summed E-state index contributed by atoms with van der Waals surface area (Å²) in [5, 5.41) is 11.2. The van der Waals surface area contributed by atoms with Crippen LogP contribution >= 0.6 is 0 Å². The highest BCUT2D eigenvalue weighted by Gasteiger charge is 2.52. The molecule has 4 heterocycles. The molecule has 0 unspecified atom stereocenters. The average Bonchev–Trinajstić information content (AvgIpc) is 3.44. The molecule has 0 radical (unpaired) electrons. The number of anilines is 1. The maximum absolute atomic E-state index is 14.4. The normalized spacial score (nSPS) is 17.6. The van der Waals surface area contributed by atoms with Crippen molar-refractivity contribution in [3.05, 3.63) is 113 Å². The zero-order valence-electron chi connectivity index (χ0n) is 33.9.